The van der Waals surface area contributed by atoms with E-state index in [9.17, 15) is 14.4 Å². The minimum absolute atomic E-state index is 0.334. The molecule has 0 aromatic heterocycles. The first-order chi connectivity index (χ1) is 20.9. The molecule has 3 amide bonds. The Labute approximate surface area is 249 Å². The standard InChI is InChI=1S/C35H30N4O4/c1-43-31-15-9-8-14-29(31)38-35(42)32(34(41)37-27-12-6-3-7-13-27)24-16-18-25(19-17-24)33(40)39-30-22-26(20-21-28(30)36)23-10-4-2-5-11-23/h2-22,32H,36H2,1H3,(H,37,41)(H,38,42)(H,39,40). The molecule has 0 saturated heterocycles. The highest BCUT2D eigenvalue weighted by molar-refractivity contribution is 6.15. The summed E-state index contributed by atoms with van der Waals surface area (Å²) in [6.45, 7) is 0. The monoisotopic (exact) mass is 570 g/mol. The van der Waals surface area contributed by atoms with E-state index in [0.29, 0.717) is 39.6 Å². The summed E-state index contributed by atoms with van der Waals surface area (Å²) in [6.07, 6.45) is 0. The molecule has 214 valence electrons. The number of hydrogen-bond donors (Lipinski definition) is 4. The van der Waals surface area contributed by atoms with Gasteiger partial charge in [-0.3, -0.25) is 14.4 Å². The number of hydrogen-bond acceptors (Lipinski definition) is 5. The maximum atomic E-state index is 13.5. The Hall–Kier alpha value is -5.89. The fourth-order valence-electron chi connectivity index (χ4n) is 4.61. The van der Waals surface area contributed by atoms with Crippen LogP contribution in [-0.4, -0.2) is 24.8 Å². The van der Waals surface area contributed by atoms with E-state index in [2.05, 4.69) is 16.0 Å². The van der Waals surface area contributed by atoms with Crippen LogP contribution in [0.1, 0.15) is 21.8 Å². The van der Waals surface area contributed by atoms with Gasteiger partial charge in [0.15, 0.2) is 0 Å². The molecule has 0 saturated carbocycles. The molecule has 43 heavy (non-hydrogen) atoms. The van der Waals surface area contributed by atoms with Gasteiger partial charge < -0.3 is 26.4 Å². The highest BCUT2D eigenvalue weighted by atomic mass is 16.5. The molecule has 1 unspecified atom stereocenters. The maximum Gasteiger partial charge on any atom is 0.255 e. The molecule has 0 fully saturated rings. The van der Waals surface area contributed by atoms with Gasteiger partial charge >= 0.3 is 0 Å². The van der Waals surface area contributed by atoms with Crippen molar-refractivity contribution in [1.29, 1.82) is 0 Å². The fraction of sp³-hybridized carbons (Fsp3) is 0.0571. The molecule has 5 rings (SSSR count). The Morgan fingerprint density at radius 3 is 1.95 bits per heavy atom. The second kappa shape index (κ2) is 13.2. The highest BCUT2D eigenvalue weighted by Gasteiger charge is 2.30. The zero-order valence-electron chi connectivity index (χ0n) is 23.4. The molecule has 0 aliphatic heterocycles. The van der Waals surface area contributed by atoms with Crippen molar-refractivity contribution in [3.63, 3.8) is 0 Å². The number of nitrogens with one attached hydrogen (secondary N) is 3. The van der Waals surface area contributed by atoms with Gasteiger partial charge in [-0.15, -0.1) is 0 Å². The van der Waals surface area contributed by atoms with Crippen LogP contribution in [0.15, 0.2) is 127 Å². The number of anilines is 4. The van der Waals surface area contributed by atoms with Crippen molar-refractivity contribution in [2.75, 3.05) is 28.8 Å². The summed E-state index contributed by atoms with van der Waals surface area (Å²) in [5, 5.41) is 8.48. The van der Waals surface area contributed by atoms with Crippen LogP contribution in [-0.2, 0) is 9.59 Å². The van der Waals surface area contributed by atoms with Gasteiger partial charge in [-0.1, -0.05) is 78.9 Å². The number of para-hydroxylation sites is 3. The van der Waals surface area contributed by atoms with Gasteiger partial charge in [0.05, 0.1) is 24.2 Å². The van der Waals surface area contributed by atoms with Gasteiger partial charge in [0.2, 0.25) is 11.8 Å². The molecule has 0 aliphatic carbocycles. The van der Waals surface area contributed by atoms with Gasteiger partial charge in [0.1, 0.15) is 11.7 Å². The van der Waals surface area contributed by atoms with Gasteiger partial charge in [-0.2, -0.15) is 0 Å². The third kappa shape index (κ3) is 6.89. The normalized spacial score (nSPS) is 11.2. The summed E-state index contributed by atoms with van der Waals surface area (Å²) >= 11 is 0. The molecule has 8 heteroatoms. The van der Waals surface area contributed by atoms with Crippen molar-refractivity contribution in [2.24, 2.45) is 0 Å². The molecule has 5 N–H and O–H groups in total. The van der Waals surface area contributed by atoms with Crippen LogP contribution in [0.3, 0.4) is 0 Å². The predicted octanol–water partition coefficient (Wildman–Crippen LogP) is 6.56. The molecule has 5 aromatic carbocycles. The molecule has 0 aliphatic rings. The molecule has 0 bridgehead atoms. The first-order valence-electron chi connectivity index (χ1n) is 13.6. The smallest absolute Gasteiger partial charge is 0.255 e. The lowest BCUT2D eigenvalue weighted by molar-refractivity contribution is -0.126. The van der Waals surface area contributed by atoms with Gasteiger partial charge in [0.25, 0.3) is 5.91 Å². The third-order valence-electron chi connectivity index (χ3n) is 6.85. The zero-order chi connectivity index (χ0) is 30.2. The van der Waals surface area contributed by atoms with Crippen LogP contribution in [0.5, 0.6) is 5.75 Å². The summed E-state index contributed by atoms with van der Waals surface area (Å²) in [5.41, 5.74) is 10.7. The Morgan fingerprint density at radius 1 is 0.628 bits per heavy atom. The lowest BCUT2D eigenvalue weighted by atomic mass is 9.95. The number of methoxy groups -OCH3 is 1. The zero-order valence-corrected chi connectivity index (χ0v) is 23.4. The lowest BCUT2D eigenvalue weighted by Crippen LogP contribution is -2.32. The van der Waals surface area contributed by atoms with Crippen LogP contribution in [0.2, 0.25) is 0 Å². The molecule has 0 radical (unpaired) electrons. The van der Waals surface area contributed by atoms with Gasteiger partial charge in [-0.05, 0) is 65.2 Å². The SMILES string of the molecule is COc1ccccc1NC(=O)C(C(=O)Nc1ccccc1)c1ccc(C(=O)Nc2cc(-c3ccccc3)ccc2N)cc1. The molecular weight excluding hydrogens is 540 g/mol. The van der Waals surface area contributed by atoms with Crippen LogP contribution < -0.4 is 26.4 Å². The summed E-state index contributed by atoms with van der Waals surface area (Å²) < 4.78 is 5.35. The van der Waals surface area contributed by atoms with Crippen LogP contribution in [0, 0.1) is 0 Å². The highest BCUT2D eigenvalue weighted by Crippen LogP contribution is 2.29. The van der Waals surface area contributed by atoms with Crippen LogP contribution in [0.25, 0.3) is 11.1 Å². The van der Waals surface area contributed by atoms with Crippen molar-refractivity contribution in [3.8, 4) is 16.9 Å². The average molecular weight is 571 g/mol. The topological polar surface area (TPSA) is 123 Å². The van der Waals surface area contributed by atoms with E-state index >= 15 is 0 Å². The summed E-state index contributed by atoms with van der Waals surface area (Å²) in [6, 6.07) is 37.4. The maximum absolute atomic E-state index is 13.5. The first kappa shape index (κ1) is 28.6. The van der Waals surface area contributed by atoms with Crippen molar-refractivity contribution in [1.82, 2.24) is 0 Å². The number of ether oxygens (including phenoxy) is 1. The number of carbonyl (C=O) groups is 3. The number of benzene rings is 5. The Balaban J connectivity index is 1.38. The number of nitrogens with two attached hydrogens (primary N) is 1. The molecule has 5 aromatic rings. The molecule has 0 heterocycles. The van der Waals surface area contributed by atoms with Crippen molar-refractivity contribution in [3.05, 3.63) is 139 Å². The van der Waals surface area contributed by atoms with Crippen LogP contribution in [0.4, 0.5) is 22.7 Å². The molecule has 1 atom stereocenters. The number of rotatable bonds is 9. The minimum Gasteiger partial charge on any atom is -0.495 e. The number of amides is 3. The van der Waals surface area contributed by atoms with E-state index in [1.807, 2.05) is 48.5 Å². The number of nitrogen functional groups attached to an aromatic ring is 1. The number of carbonyl (C=O) groups excluding carboxylic acids is 3. The van der Waals surface area contributed by atoms with E-state index in [1.165, 1.54) is 7.11 Å². The van der Waals surface area contributed by atoms with E-state index in [4.69, 9.17) is 10.5 Å². The Bertz CT molecular complexity index is 1740. The van der Waals surface area contributed by atoms with Crippen LogP contribution >= 0.6 is 0 Å². The van der Waals surface area contributed by atoms with Crippen molar-refractivity contribution in [2.45, 2.75) is 5.92 Å². The molecule has 0 spiro atoms. The summed E-state index contributed by atoms with van der Waals surface area (Å²) in [4.78, 5) is 40.2. The van der Waals surface area contributed by atoms with E-state index in [1.54, 1.807) is 78.9 Å². The average Bonchev–Trinajstić information content (AvgIpc) is 3.03. The fourth-order valence-corrected chi connectivity index (χ4v) is 4.61. The van der Waals surface area contributed by atoms with Gasteiger partial charge in [0, 0.05) is 11.3 Å². The third-order valence-corrected chi connectivity index (χ3v) is 6.85. The second-order valence-electron chi connectivity index (χ2n) is 9.72. The van der Waals surface area contributed by atoms with E-state index < -0.39 is 17.7 Å². The minimum atomic E-state index is -1.22. The predicted molar refractivity (Wildman–Crippen MR) is 170 cm³/mol. The van der Waals surface area contributed by atoms with Gasteiger partial charge in [-0.25, -0.2) is 0 Å². The molecular formula is C35H30N4O4. The van der Waals surface area contributed by atoms with E-state index in [0.717, 1.165) is 11.1 Å². The first-order valence-corrected chi connectivity index (χ1v) is 13.6. The Kier molecular flexibility index (Phi) is 8.78. The lowest BCUT2D eigenvalue weighted by Gasteiger charge is -2.19. The second-order valence-corrected chi connectivity index (χ2v) is 9.72. The van der Waals surface area contributed by atoms with Crippen molar-refractivity contribution < 1.29 is 19.1 Å². The quantitative estimate of drug-likeness (QED) is 0.118. The summed E-state index contributed by atoms with van der Waals surface area (Å²) in [7, 11) is 1.50. The largest absolute Gasteiger partial charge is 0.495 e. The molecule has 8 nitrogen and oxygen atoms in total. The summed E-state index contributed by atoms with van der Waals surface area (Å²) in [5.74, 6) is -2.23. The van der Waals surface area contributed by atoms with Crippen molar-refractivity contribution >= 4 is 40.5 Å². The van der Waals surface area contributed by atoms with E-state index in [-0.39, 0.29) is 5.91 Å². The Morgan fingerprint density at radius 2 is 1.26 bits per heavy atom.